The number of hydrogen-bond acceptors (Lipinski definition) is 4. The summed E-state index contributed by atoms with van der Waals surface area (Å²) in [6, 6.07) is 7.45. The Bertz CT molecular complexity index is 478. The highest BCUT2D eigenvalue weighted by molar-refractivity contribution is 5.78. The third kappa shape index (κ3) is 2.67. The van der Waals surface area contributed by atoms with E-state index in [1.165, 1.54) is 0 Å². The van der Waals surface area contributed by atoms with Crippen molar-refractivity contribution in [1.82, 2.24) is 5.32 Å². The molecule has 0 radical (unpaired) electrons. The number of nitrogens with zero attached hydrogens (tertiary/aromatic N) is 1. The normalized spacial score (nSPS) is 18.5. The lowest BCUT2D eigenvalue weighted by Crippen LogP contribution is -2.31. The van der Waals surface area contributed by atoms with E-state index in [9.17, 15) is 4.79 Å². The van der Waals surface area contributed by atoms with Crippen LogP contribution in [0.4, 0.5) is 11.4 Å². The number of nitrogens with one attached hydrogen (secondary N) is 2. The number of amides is 1. The molecule has 1 aliphatic rings. The number of hydrogen-bond donors (Lipinski definition) is 3. The molecule has 4 N–H and O–H groups in total. The molecule has 1 fully saturated rings. The average molecular weight is 230 g/mol. The first-order valence-electron chi connectivity index (χ1n) is 5.52. The first kappa shape index (κ1) is 11.3. The van der Waals surface area contributed by atoms with Crippen LogP contribution in [-0.4, -0.2) is 18.5 Å². The number of rotatable bonds is 3. The van der Waals surface area contributed by atoms with E-state index in [2.05, 4.69) is 10.6 Å². The van der Waals surface area contributed by atoms with Gasteiger partial charge in [0.25, 0.3) is 0 Å². The molecule has 1 aliphatic heterocycles. The summed E-state index contributed by atoms with van der Waals surface area (Å²) in [6.07, 6.45) is 1.45. The highest BCUT2D eigenvalue weighted by atomic mass is 16.1. The zero-order chi connectivity index (χ0) is 12.3. The van der Waals surface area contributed by atoms with Crippen LogP contribution in [0.25, 0.3) is 0 Å². The minimum absolute atomic E-state index is 0.104. The highest BCUT2D eigenvalue weighted by Crippen LogP contribution is 2.17. The van der Waals surface area contributed by atoms with Gasteiger partial charge in [-0.25, -0.2) is 0 Å². The van der Waals surface area contributed by atoms with Crippen LogP contribution < -0.4 is 16.4 Å². The van der Waals surface area contributed by atoms with Gasteiger partial charge in [0.15, 0.2) is 0 Å². The van der Waals surface area contributed by atoms with E-state index < -0.39 is 0 Å². The van der Waals surface area contributed by atoms with Crippen molar-refractivity contribution in [3.8, 4) is 6.07 Å². The summed E-state index contributed by atoms with van der Waals surface area (Å²) in [7, 11) is 0. The maximum atomic E-state index is 11.0. The molecule has 17 heavy (non-hydrogen) atoms. The van der Waals surface area contributed by atoms with Gasteiger partial charge >= 0.3 is 0 Å². The van der Waals surface area contributed by atoms with E-state index in [4.69, 9.17) is 11.0 Å². The van der Waals surface area contributed by atoms with Crippen LogP contribution in [0.1, 0.15) is 18.4 Å². The molecule has 1 heterocycles. The molecule has 1 aromatic rings. The van der Waals surface area contributed by atoms with Gasteiger partial charge in [-0.05, 0) is 24.6 Å². The molecule has 1 atom stereocenters. The van der Waals surface area contributed by atoms with Crippen molar-refractivity contribution in [2.45, 2.75) is 18.9 Å². The van der Waals surface area contributed by atoms with Gasteiger partial charge in [-0.15, -0.1) is 0 Å². The molecule has 1 unspecified atom stereocenters. The van der Waals surface area contributed by atoms with Crippen LogP contribution in [0.3, 0.4) is 0 Å². The Morgan fingerprint density at radius 1 is 1.59 bits per heavy atom. The molecule has 5 heteroatoms. The Morgan fingerprint density at radius 3 is 3.06 bits per heavy atom. The van der Waals surface area contributed by atoms with E-state index >= 15 is 0 Å². The van der Waals surface area contributed by atoms with E-state index in [-0.39, 0.29) is 11.9 Å². The van der Waals surface area contributed by atoms with Crippen molar-refractivity contribution in [1.29, 1.82) is 5.26 Å². The Labute approximate surface area is 99.6 Å². The van der Waals surface area contributed by atoms with Crippen LogP contribution in [0.5, 0.6) is 0 Å². The van der Waals surface area contributed by atoms with Crippen molar-refractivity contribution < 1.29 is 4.79 Å². The standard InChI is InChI=1S/C12H14N4O/c13-6-8-5-9(1-3-11(8)14)15-7-10-2-4-12(17)16-10/h1,3,5,10,15H,2,4,7,14H2,(H,16,17). The topological polar surface area (TPSA) is 90.9 Å². The predicted octanol–water partition coefficient (Wildman–Crippen LogP) is 0.831. The monoisotopic (exact) mass is 230 g/mol. The van der Waals surface area contributed by atoms with Gasteiger partial charge in [-0.3, -0.25) is 4.79 Å². The van der Waals surface area contributed by atoms with Gasteiger partial charge < -0.3 is 16.4 Å². The molecular formula is C12H14N4O. The second-order valence-corrected chi connectivity index (χ2v) is 4.10. The van der Waals surface area contributed by atoms with Gasteiger partial charge in [0.05, 0.1) is 5.56 Å². The molecule has 0 saturated carbocycles. The van der Waals surface area contributed by atoms with Gasteiger partial charge in [-0.2, -0.15) is 5.26 Å². The molecule has 0 aromatic heterocycles. The molecule has 0 spiro atoms. The molecule has 5 nitrogen and oxygen atoms in total. The number of nitriles is 1. The average Bonchev–Trinajstić information content (AvgIpc) is 2.74. The molecule has 88 valence electrons. The second kappa shape index (κ2) is 4.74. The lowest BCUT2D eigenvalue weighted by molar-refractivity contribution is -0.119. The highest BCUT2D eigenvalue weighted by Gasteiger charge is 2.19. The number of carbonyl (C=O) groups is 1. The molecule has 0 bridgehead atoms. The van der Waals surface area contributed by atoms with Crippen molar-refractivity contribution in [2.24, 2.45) is 0 Å². The number of anilines is 2. The summed E-state index contributed by atoms with van der Waals surface area (Å²) >= 11 is 0. The van der Waals surface area contributed by atoms with Gasteiger partial charge in [0.2, 0.25) is 5.91 Å². The van der Waals surface area contributed by atoms with Gasteiger partial charge in [-0.1, -0.05) is 0 Å². The summed E-state index contributed by atoms with van der Waals surface area (Å²) in [6.45, 7) is 0.667. The van der Waals surface area contributed by atoms with E-state index in [0.717, 1.165) is 12.1 Å². The Hall–Kier alpha value is -2.22. The SMILES string of the molecule is N#Cc1cc(NCC2CCC(=O)N2)ccc1N. The lowest BCUT2D eigenvalue weighted by atomic mass is 10.1. The van der Waals surface area contributed by atoms with Crippen molar-refractivity contribution in [2.75, 3.05) is 17.6 Å². The van der Waals surface area contributed by atoms with E-state index in [0.29, 0.717) is 24.2 Å². The second-order valence-electron chi connectivity index (χ2n) is 4.10. The molecule has 1 amide bonds. The zero-order valence-corrected chi connectivity index (χ0v) is 9.36. The summed E-state index contributed by atoms with van der Waals surface area (Å²) < 4.78 is 0. The lowest BCUT2D eigenvalue weighted by Gasteiger charge is -2.12. The fourth-order valence-corrected chi connectivity index (χ4v) is 1.83. The number of nitrogens with two attached hydrogens (primary N) is 1. The van der Waals surface area contributed by atoms with Crippen LogP contribution >= 0.6 is 0 Å². The molecule has 0 aliphatic carbocycles. The minimum atomic E-state index is 0.104. The summed E-state index contributed by atoms with van der Waals surface area (Å²) in [5.74, 6) is 0.104. The molecular weight excluding hydrogens is 216 g/mol. The van der Waals surface area contributed by atoms with Crippen LogP contribution in [0.2, 0.25) is 0 Å². The fourth-order valence-electron chi connectivity index (χ4n) is 1.83. The third-order valence-electron chi connectivity index (χ3n) is 2.81. The molecule has 1 aromatic carbocycles. The van der Waals surface area contributed by atoms with Crippen LogP contribution in [0.15, 0.2) is 18.2 Å². The third-order valence-corrected chi connectivity index (χ3v) is 2.81. The Balaban J connectivity index is 1.95. The maximum Gasteiger partial charge on any atom is 0.220 e. The van der Waals surface area contributed by atoms with Crippen molar-refractivity contribution in [3.05, 3.63) is 23.8 Å². The van der Waals surface area contributed by atoms with Gasteiger partial charge in [0, 0.05) is 30.4 Å². The summed E-state index contributed by atoms with van der Waals surface area (Å²) in [5, 5.41) is 14.9. The van der Waals surface area contributed by atoms with Gasteiger partial charge in [0.1, 0.15) is 6.07 Å². The van der Waals surface area contributed by atoms with Crippen LogP contribution in [0, 0.1) is 11.3 Å². The Morgan fingerprint density at radius 2 is 2.41 bits per heavy atom. The molecule has 1 saturated heterocycles. The number of carbonyl (C=O) groups excluding carboxylic acids is 1. The Kier molecular flexibility index (Phi) is 3.15. The smallest absolute Gasteiger partial charge is 0.220 e. The van der Waals surface area contributed by atoms with Crippen molar-refractivity contribution >= 4 is 17.3 Å². The van der Waals surface area contributed by atoms with Crippen molar-refractivity contribution in [3.63, 3.8) is 0 Å². The first-order valence-corrected chi connectivity index (χ1v) is 5.52. The predicted molar refractivity (Wildman–Crippen MR) is 65.2 cm³/mol. The molecule has 2 rings (SSSR count). The zero-order valence-electron chi connectivity index (χ0n) is 9.36. The van der Waals surface area contributed by atoms with E-state index in [1.54, 1.807) is 12.1 Å². The summed E-state index contributed by atoms with van der Waals surface area (Å²) in [4.78, 5) is 11.0. The quantitative estimate of drug-likeness (QED) is 0.671. The summed E-state index contributed by atoms with van der Waals surface area (Å²) in [5.41, 5.74) is 7.42. The number of nitrogen functional groups attached to an aromatic ring is 1. The van der Waals surface area contributed by atoms with E-state index in [1.807, 2.05) is 12.1 Å². The van der Waals surface area contributed by atoms with Crippen LogP contribution in [-0.2, 0) is 4.79 Å². The maximum absolute atomic E-state index is 11.0. The number of benzene rings is 1. The largest absolute Gasteiger partial charge is 0.398 e. The fraction of sp³-hybridized carbons (Fsp3) is 0.333. The first-order chi connectivity index (χ1) is 8.19. The minimum Gasteiger partial charge on any atom is -0.398 e.